The Morgan fingerprint density at radius 2 is 2.03 bits per heavy atom. The quantitative estimate of drug-likeness (QED) is 0.747. The number of aryl methyl sites for hydroxylation is 1. The van der Waals surface area contributed by atoms with Crippen molar-refractivity contribution in [2.45, 2.75) is 32.0 Å². The van der Waals surface area contributed by atoms with Crippen LogP contribution < -0.4 is 11.1 Å². The molecule has 0 radical (unpaired) electrons. The van der Waals surface area contributed by atoms with E-state index in [2.05, 4.69) is 10.3 Å². The first-order chi connectivity index (χ1) is 14.2. The highest BCUT2D eigenvalue weighted by atomic mass is 19.3. The van der Waals surface area contributed by atoms with Gasteiger partial charge in [-0.3, -0.25) is 9.59 Å². The molecule has 1 aliphatic rings. The minimum absolute atomic E-state index is 0.0497. The highest BCUT2D eigenvalue weighted by Crippen LogP contribution is 2.31. The molecule has 2 aromatic rings. The third kappa shape index (κ3) is 4.91. The van der Waals surface area contributed by atoms with Gasteiger partial charge >= 0.3 is 0 Å². The molecule has 1 aromatic heterocycles. The number of nitrogens with one attached hydrogen (secondary N) is 1. The molecule has 1 fully saturated rings. The molecule has 0 spiro atoms. The zero-order valence-electron chi connectivity index (χ0n) is 16.8. The maximum Gasteiger partial charge on any atom is 0.292 e. The Labute approximate surface area is 173 Å². The number of ether oxygens (including phenoxy) is 1. The van der Waals surface area contributed by atoms with Crippen LogP contribution in [0.1, 0.15) is 27.0 Å². The molecule has 1 aromatic carbocycles. The van der Waals surface area contributed by atoms with Crippen molar-refractivity contribution in [2.24, 2.45) is 0 Å². The van der Waals surface area contributed by atoms with E-state index in [1.54, 1.807) is 0 Å². The number of anilines is 1. The normalized spacial score (nSPS) is 17.7. The van der Waals surface area contributed by atoms with Crippen LogP contribution in [0.4, 0.5) is 14.6 Å². The summed E-state index contributed by atoms with van der Waals surface area (Å²) in [5, 5.41) is 2.45. The number of amides is 2. The average molecular weight is 418 g/mol. The van der Waals surface area contributed by atoms with Crippen LogP contribution in [0.15, 0.2) is 36.5 Å². The van der Waals surface area contributed by atoms with Crippen molar-refractivity contribution in [3.8, 4) is 0 Å². The summed E-state index contributed by atoms with van der Waals surface area (Å²) in [6.07, 6.45) is -0.121. The molecule has 1 unspecified atom stereocenters. The molecule has 0 bridgehead atoms. The Bertz CT molecular complexity index is 934. The number of hydrogen-bond donors (Lipinski definition) is 2. The van der Waals surface area contributed by atoms with Crippen molar-refractivity contribution in [1.82, 2.24) is 15.2 Å². The number of benzene rings is 1. The molecule has 2 amide bonds. The minimum atomic E-state index is -3.19. The predicted molar refractivity (Wildman–Crippen MR) is 107 cm³/mol. The molecule has 3 rings (SSSR count). The molecule has 9 heteroatoms. The van der Waals surface area contributed by atoms with E-state index >= 15 is 0 Å². The van der Waals surface area contributed by atoms with Gasteiger partial charge in [0.1, 0.15) is 11.9 Å². The van der Waals surface area contributed by atoms with Gasteiger partial charge in [0.2, 0.25) is 5.91 Å². The molecule has 1 aliphatic heterocycles. The second-order valence-corrected chi connectivity index (χ2v) is 7.34. The van der Waals surface area contributed by atoms with Crippen molar-refractivity contribution in [2.75, 3.05) is 25.9 Å². The van der Waals surface area contributed by atoms with Gasteiger partial charge in [-0.15, -0.1) is 0 Å². The maximum absolute atomic E-state index is 14.4. The van der Waals surface area contributed by atoms with Crippen LogP contribution in [-0.2, 0) is 22.6 Å². The highest BCUT2D eigenvalue weighted by Gasteiger charge is 2.50. The van der Waals surface area contributed by atoms with Gasteiger partial charge in [0.15, 0.2) is 0 Å². The monoisotopic (exact) mass is 418 g/mol. The number of hydrogen-bond acceptors (Lipinski definition) is 5. The van der Waals surface area contributed by atoms with Gasteiger partial charge in [-0.25, -0.2) is 13.8 Å². The van der Waals surface area contributed by atoms with E-state index in [9.17, 15) is 18.4 Å². The van der Waals surface area contributed by atoms with Crippen molar-refractivity contribution in [1.29, 1.82) is 0 Å². The fourth-order valence-corrected chi connectivity index (χ4v) is 3.21. The summed E-state index contributed by atoms with van der Waals surface area (Å²) >= 11 is 0. The Hall–Kier alpha value is -3.07. The van der Waals surface area contributed by atoms with E-state index in [-0.39, 0.29) is 42.8 Å². The number of nitrogens with two attached hydrogens (primary N) is 1. The van der Waals surface area contributed by atoms with Crippen LogP contribution in [0.3, 0.4) is 0 Å². The third-order valence-electron chi connectivity index (χ3n) is 5.02. The number of rotatable bonds is 6. The number of carbonyl (C=O) groups is 2. The topological polar surface area (TPSA) is 97.6 Å². The van der Waals surface area contributed by atoms with Gasteiger partial charge in [0.05, 0.1) is 31.7 Å². The third-order valence-corrected chi connectivity index (χ3v) is 5.02. The zero-order valence-corrected chi connectivity index (χ0v) is 16.8. The van der Waals surface area contributed by atoms with E-state index in [0.717, 1.165) is 16.0 Å². The number of nitrogen functional groups attached to an aromatic ring is 1. The summed E-state index contributed by atoms with van der Waals surface area (Å²) in [5.74, 6) is -3.85. The molecule has 1 atom stereocenters. The second-order valence-electron chi connectivity index (χ2n) is 7.34. The van der Waals surface area contributed by atoms with Gasteiger partial charge in [0, 0.05) is 18.8 Å². The molecule has 7 nitrogen and oxygen atoms in total. The predicted octanol–water partition coefficient (Wildman–Crippen LogP) is 1.94. The number of halogens is 2. The summed E-state index contributed by atoms with van der Waals surface area (Å²) in [5.41, 5.74) is 8.18. The molecule has 0 aliphatic carbocycles. The summed E-state index contributed by atoms with van der Waals surface area (Å²) < 4.78 is 34.3. The number of alkyl halides is 2. The number of nitrogens with zero attached hydrogens (tertiary/aromatic N) is 2. The Balaban J connectivity index is 1.64. The van der Waals surface area contributed by atoms with Crippen molar-refractivity contribution < 1.29 is 23.1 Å². The first-order valence-corrected chi connectivity index (χ1v) is 9.49. The first-order valence-electron chi connectivity index (χ1n) is 9.49. The fraction of sp³-hybridized carbons (Fsp3) is 0.381. The van der Waals surface area contributed by atoms with E-state index < -0.39 is 18.6 Å². The number of pyridine rings is 1. The lowest BCUT2D eigenvalue weighted by molar-refractivity contribution is -0.131. The molecular formula is C21H24F2N4O3. The molecule has 0 saturated carbocycles. The second kappa shape index (κ2) is 8.74. The van der Waals surface area contributed by atoms with Gasteiger partial charge in [-0.05, 0) is 18.6 Å². The Morgan fingerprint density at radius 1 is 1.33 bits per heavy atom. The minimum Gasteiger partial charge on any atom is -0.383 e. The van der Waals surface area contributed by atoms with Crippen LogP contribution in [-0.4, -0.2) is 53.9 Å². The molecule has 2 heterocycles. The lowest BCUT2D eigenvalue weighted by atomic mass is 10.1. The molecule has 1 saturated heterocycles. The molecule has 160 valence electrons. The highest BCUT2D eigenvalue weighted by molar-refractivity contribution is 5.94. The molecular weight excluding hydrogens is 394 g/mol. The van der Waals surface area contributed by atoms with E-state index in [4.69, 9.17) is 10.5 Å². The standard InChI is InChI=1S/C21H24F2N4O3/c1-13-3-5-14(6-4-13)7-18(28)27-10-17(21(22,23)12-27)30-11-16-8-15(20(29)25-2)9-26-19(16)24/h3-6,8-9,17H,7,10-12H2,1-2H3,(H2,24,26)(H,25,29). The Kier molecular flexibility index (Phi) is 6.31. The zero-order chi connectivity index (χ0) is 21.9. The van der Waals surface area contributed by atoms with Crippen LogP contribution in [0, 0.1) is 6.92 Å². The number of aromatic nitrogens is 1. The lowest BCUT2D eigenvalue weighted by Gasteiger charge is -2.18. The number of likely N-dealkylation sites (tertiary alicyclic amines) is 1. The largest absolute Gasteiger partial charge is 0.383 e. The summed E-state index contributed by atoms with van der Waals surface area (Å²) in [6.45, 7) is 0.764. The van der Waals surface area contributed by atoms with Gasteiger partial charge < -0.3 is 20.7 Å². The van der Waals surface area contributed by atoms with Crippen LogP contribution >= 0.6 is 0 Å². The van der Waals surface area contributed by atoms with E-state index in [1.165, 1.54) is 19.3 Å². The van der Waals surface area contributed by atoms with Crippen LogP contribution in [0.5, 0.6) is 0 Å². The van der Waals surface area contributed by atoms with Crippen LogP contribution in [0.25, 0.3) is 0 Å². The lowest BCUT2D eigenvalue weighted by Crippen LogP contribution is -2.34. The van der Waals surface area contributed by atoms with Crippen LogP contribution in [0.2, 0.25) is 0 Å². The number of carbonyl (C=O) groups excluding carboxylic acids is 2. The molecule has 30 heavy (non-hydrogen) atoms. The average Bonchev–Trinajstić information content (AvgIpc) is 3.03. The molecule has 3 N–H and O–H groups in total. The SMILES string of the molecule is CNC(=O)c1cnc(N)c(COC2CN(C(=O)Cc3ccc(C)cc3)CC2(F)F)c1. The van der Waals surface area contributed by atoms with Gasteiger partial charge in [-0.2, -0.15) is 0 Å². The van der Waals surface area contributed by atoms with Gasteiger partial charge in [-0.1, -0.05) is 29.8 Å². The van der Waals surface area contributed by atoms with Crippen molar-refractivity contribution in [3.63, 3.8) is 0 Å². The fourth-order valence-electron chi connectivity index (χ4n) is 3.21. The van der Waals surface area contributed by atoms with E-state index in [1.807, 2.05) is 31.2 Å². The Morgan fingerprint density at radius 3 is 2.70 bits per heavy atom. The maximum atomic E-state index is 14.4. The summed E-state index contributed by atoms with van der Waals surface area (Å²) in [6, 6.07) is 8.82. The summed E-state index contributed by atoms with van der Waals surface area (Å²) in [4.78, 5) is 29.2. The van der Waals surface area contributed by atoms with Crippen molar-refractivity contribution >= 4 is 17.6 Å². The smallest absolute Gasteiger partial charge is 0.292 e. The van der Waals surface area contributed by atoms with Crippen molar-refractivity contribution in [3.05, 3.63) is 58.8 Å². The van der Waals surface area contributed by atoms with E-state index in [0.29, 0.717) is 5.56 Å². The summed E-state index contributed by atoms with van der Waals surface area (Å²) in [7, 11) is 1.47. The first kappa shape index (κ1) is 21.6. The van der Waals surface area contributed by atoms with Gasteiger partial charge in [0.25, 0.3) is 11.8 Å².